The van der Waals surface area contributed by atoms with Gasteiger partial charge in [0, 0.05) is 50.7 Å². The fourth-order valence-electron chi connectivity index (χ4n) is 2.42. The van der Waals surface area contributed by atoms with E-state index in [1.54, 1.807) is 31.5 Å². The topological polar surface area (TPSA) is 92.6 Å². The number of aryl methyl sites for hydroxylation is 1. The van der Waals surface area contributed by atoms with Crippen molar-refractivity contribution in [3.05, 3.63) is 48.3 Å². The van der Waals surface area contributed by atoms with Crippen LogP contribution in [0.25, 0.3) is 0 Å². The van der Waals surface area contributed by atoms with Crippen molar-refractivity contribution in [2.24, 2.45) is 4.99 Å². The Morgan fingerprint density at radius 2 is 2.04 bits per heavy atom. The molecule has 0 unspecified atom stereocenters. The van der Waals surface area contributed by atoms with E-state index in [2.05, 4.69) is 26.0 Å². The first-order valence-electron chi connectivity index (χ1n) is 9.14. The summed E-state index contributed by atoms with van der Waals surface area (Å²) in [6, 6.07) is 8.99. The number of hydrogen-bond donors (Lipinski definition) is 3. The molecule has 8 nitrogen and oxygen atoms in total. The second-order valence-corrected chi connectivity index (χ2v) is 5.80. The van der Waals surface area contributed by atoms with Crippen LogP contribution in [-0.2, 0) is 6.54 Å². The van der Waals surface area contributed by atoms with Gasteiger partial charge >= 0.3 is 0 Å². The molecule has 0 aliphatic carbocycles. The lowest BCUT2D eigenvalue weighted by atomic mass is 10.2. The molecule has 0 bridgehead atoms. The molecular weight excluding hydrogens is 471 g/mol. The lowest BCUT2D eigenvalue weighted by Gasteiger charge is -2.12. The number of rotatable bonds is 10. The van der Waals surface area contributed by atoms with Gasteiger partial charge in [0.25, 0.3) is 5.91 Å². The molecule has 28 heavy (non-hydrogen) atoms. The van der Waals surface area contributed by atoms with Gasteiger partial charge in [-0.25, -0.2) is 0 Å². The van der Waals surface area contributed by atoms with Gasteiger partial charge in [-0.1, -0.05) is 6.07 Å². The number of ether oxygens (including phenoxy) is 1. The Labute approximate surface area is 183 Å². The number of carbonyl (C=O) groups excluding carboxylic acids is 1. The van der Waals surface area contributed by atoms with Gasteiger partial charge in [-0.2, -0.15) is 5.10 Å². The highest BCUT2D eigenvalue weighted by Gasteiger charge is 2.06. The highest BCUT2D eigenvalue weighted by molar-refractivity contribution is 14.0. The highest BCUT2D eigenvalue weighted by atomic mass is 127. The van der Waals surface area contributed by atoms with E-state index >= 15 is 0 Å². The summed E-state index contributed by atoms with van der Waals surface area (Å²) < 4.78 is 7.03. The number of aliphatic imine (C=N–C) groups is 1. The molecule has 1 heterocycles. The number of benzene rings is 1. The number of halogens is 1. The van der Waals surface area contributed by atoms with Crippen molar-refractivity contribution in [2.75, 3.05) is 33.3 Å². The SMILES string of the molecule is CCNC(=NCCCn1cccn1)NCCNC(=O)c1cccc(OC)c1.I. The maximum atomic E-state index is 12.2. The number of aromatic nitrogens is 2. The first kappa shape index (κ1) is 23.7. The van der Waals surface area contributed by atoms with Crippen LogP contribution in [0.3, 0.4) is 0 Å². The predicted molar refractivity (Wildman–Crippen MR) is 122 cm³/mol. The third-order valence-corrected chi connectivity index (χ3v) is 3.75. The minimum Gasteiger partial charge on any atom is -0.497 e. The molecule has 3 N–H and O–H groups in total. The second kappa shape index (κ2) is 13.8. The average molecular weight is 500 g/mol. The van der Waals surface area contributed by atoms with Crippen LogP contribution in [-0.4, -0.2) is 54.9 Å². The lowest BCUT2D eigenvalue weighted by molar-refractivity contribution is 0.0954. The second-order valence-electron chi connectivity index (χ2n) is 5.80. The first-order chi connectivity index (χ1) is 13.2. The van der Waals surface area contributed by atoms with Gasteiger partial charge in [-0.3, -0.25) is 14.5 Å². The third kappa shape index (κ3) is 8.59. The molecule has 0 fully saturated rings. The number of nitrogens with zero attached hydrogens (tertiary/aromatic N) is 3. The van der Waals surface area contributed by atoms with Crippen LogP contribution in [0.1, 0.15) is 23.7 Å². The molecule has 0 saturated carbocycles. The summed E-state index contributed by atoms with van der Waals surface area (Å²) in [5.74, 6) is 1.28. The summed E-state index contributed by atoms with van der Waals surface area (Å²) >= 11 is 0. The standard InChI is InChI=1S/C19H28N6O2.HI/c1-3-20-19(22-9-5-13-25-14-6-10-24-25)23-12-11-21-18(26)16-7-4-8-17(15-16)27-2;/h4,6-8,10,14-15H,3,5,9,11-13H2,1-2H3,(H,21,26)(H2,20,22,23);1H. The number of guanidine groups is 1. The molecule has 0 radical (unpaired) electrons. The molecule has 1 aromatic heterocycles. The van der Waals surface area contributed by atoms with Crippen molar-refractivity contribution < 1.29 is 9.53 Å². The van der Waals surface area contributed by atoms with Crippen molar-refractivity contribution in [1.29, 1.82) is 0 Å². The Bertz CT molecular complexity index is 721. The van der Waals surface area contributed by atoms with Crippen molar-refractivity contribution >= 4 is 35.8 Å². The van der Waals surface area contributed by atoms with E-state index in [0.29, 0.717) is 30.9 Å². The van der Waals surface area contributed by atoms with Crippen LogP contribution in [0.5, 0.6) is 5.75 Å². The molecule has 1 amide bonds. The van der Waals surface area contributed by atoms with Gasteiger partial charge in [-0.05, 0) is 37.6 Å². The summed E-state index contributed by atoms with van der Waals surface area (Å²) in [7, 11) is 1.58. The zero-order valence-electron chi connectivity index (χ0n) is 16.4. The minimum atomic E-state index is -0.128. The van der Waals surface area contributed by atoms with Crippen molar-refractivity contribution in [3.8, 4) is 5.75 Å². The predicted octanol–water partition coefficient (Wildman–Crippen LogP) is 1.88. The van der Waals surface area contributed by atoms with Gasteiger partial charge in [0.05, 0.1) is 7.11 Å². The maximum absolute atomic E-state index is 12.2. The Balaban J connectivity index is 0.00000392. The zero-order chi connectivity index (χ0) is 19.3. The smallest absolute Gasteiger partial charge is 0.251 e. The third-order valence-electron chi connectivity index (χ3n) is 3.75. The summed E-state index contributed by atoms with van der Waals surface area (Å²) in [5.41, 5.74) is 0.577. The normalized spacial score (nSPS) is 10.7. The number of amides is 1. The molecular formula is C19H29IN6O2. The van der Waals surface area contributed by atoms with Crippen LogP contribution in [0.15, 0.2) is 47.7 Å². The molecule has 0 spiro atoms. The van der Waals surface area contributed by atoms with Crippen molar-refractivity contribution in [1.82, 2.24) is 25.7 Å². The Morgan fingerprint density at radius 1 is 1.21 bits per heavy atom. The fourth-order valence-corrected chi connectivity index (χ4v) is 2.42. The monoisotopic (exact) mass is 500 g/mol. The molecule has 2 aromatic rings. The van der Waals surface area contributed by atoms with E-state index in [1.807, 2.05) is 29.9 Å². The van der Waals surface area contributed by atoms with Gasteiger partial charge in [0.2, 0.25) is 0 Å². The van der Waals surface area contributed by atoms with Gasteiger partial charge in [-0.15, -0.1) is 24.0 Å². The van der Waals surface area contributed by atoms with E-state index in [0.717, 1.165) is 25.5 Å². The van der Waals surface area contributed by atoms with E-state index in [-0.39, 0.29) is 29.9 Å². The maximum Gasteiger partial charge on any atom is 0.251 e. The van der Waals surface area contributed by atoms with Gasteiger partial charge in [0.1, 0.15) is 5.75 Å². The van der Waals surface area contributed by atoms with Gasteiger partial charge < -0.3 is 20.7 Å². The molecule has 154 valence electrons. The molecule has 0 saturated heterocycles. The Kier molecular flexibility index (Phi) is 11.7. The largest absolute Gasteiger partial charge is 0.497 e. The number of carbonyl (C=O) groups is 1. The molecule has 0 atom stereocenters. The van der Waals surface area contributed by atoms with Crippen LogP contribution in [0.4, 0.5) is 0 Å². The molecule has 0 aliphatic heterocycles. The first-order valence-corrected chi connectivity index (χ1v) is 9.14. The van der Waals surface area contributed by atoms with Gasteiger partial charge in [0.15, 0.2) is 5.96 Å². The van der Waals surface area contributed by atoms with E-state index < -0.39 is 0 Å². The summed E-state index contributed by atoms with van der Waals surface area (Å²) in [4.78, 5) is 16.7. The van der Waals surface area contributed by atoms with Crippen LogP contribution >= 0.6 is 24.0 Å². The molecule has 1 aromatic carbocycles. The number of methoxy groups -OCH3 is 1. The average Bonchev–Trinajstić information content (AvgIpc) is 3.21. The van der Waals surface area contributed by atoms with E-state index in [9.17, 15) is 4.79 Å². The fraction of sp³-hybridized carbons (Fsp3) is 0.421. The minimum absolute atomic E-state index is 0. The Hall–Kier alpha value is -2.30. The summed E-state index contributed by atoms with van der Waals surface area (Å²) in [5, 5.41) is 13.5. The quantitative estimate of drug-likeness (QED) is 0.201. The van der Waals surface area contributed by atoms with Crippen molar-refractivity contribution in [2.45, 2.75) is 19.9 Å². The van der Waals surface area contributed by atoms with Crippen LogP contribution in [0, 0.1) is 0 Å². The summed E-state index contributed by atoms with van der Waals surface area (Å²) in [6.07, 6.45) is 4.62. The van der Waals surface area contributed by atoms with Crippen LogP contribution in [0.2, 0.25) is 0 Å². The highest BCUT2D eigenvalue weighted by Crippen LogP contribution is 2.12. The summed E-state index contributed by atoms with van der Waals surface area (Å²) in [6.45, 7) is 5.42. The van der Waals surface area contributed by atoms with E-state index in [4.69, 9.17) is 4.74 Å². The Morgan fingerprint density at radius 3 is 2.75 bits per heavy atom. The van der Waals surface area contributed by atoms with E-state index in [1.165, 1.54) is 0 Å². The number of hydrogen-bond acceptors (Lipinski definition) is 4. The zero-order valence-corrected chi connectivity index (χ0v) is 18.7. The number of nitrogens with one attached hydrogen (secondary N) is 3. The van der Waals surface area contributed by atoms with Crippen LogP contribution < -0.4 is 20.7 Å². The van der Waals surface area contributed by atoms with Crippen molar-refractivity contribution in [3.63, 3.8) is 0 Å². The molecule has 9 heteroatoms. The molecule has 0 aliphatic rings. The lowest BCUT2D eigenvalue weighted by Crippen LogP contribution is -2.41. The molecule has 2 rings (SSSR count).